The Morgan fingerprint density at radius 3 is 3.00 bits per heavy atom. The fourth-order valence-electron chi connectivity index (χ4n) is 0.728. The van der Waals surface area contributed by atoms with E-state index in [0.29, 0.717) is 6.54 Å². The summed E-state index contributed by atoms with van der Waals surface area (Å²) in [7, 11) is 1.97. The molecule has 0 aliphatic carbocycles. The summed E-state index contributed by atoms with van der Waals surface area (Å²) in [5, 5.41) is 3.13. The second kappa shape index (κ2) is 4.27. The van der Waals surface area contributed by atoms with Crippen LogP contribution in [-0.4, -0.2) is 16.1 Å². The van der Waals surface area contributed by atoms with Gasteiger partial charge in [-0.05, 0) is 22.6 Å². The maximum absolute atomic E-state index is 4.17. The van der Waals surface area contributed by atoms with Gasteiger partial charge in [0, 0.05) is 18.1 Å². The van der Waals surface area contributed by atoms with Gasteiger partial charge in [-0.2, -0.15) is 0 Å². The van der Waals surface area contributed by atoms with Crippen LogP contribution in [0.3, 0.4) is 0 Å². The smallest absolute Gasteiger partial charge is 0.203 e. The standard InChI is InChI=1S/C7H9BrIN3/c1-5(8)3-10-7-11-4-6(9)12(7)2/h4H,1,3H2,2H3,(H,10,11). The van der Waals surface area contributed by atoms with Gasteiger partial charge in [-0.25, -0.2) is 4.98 Å². The Balaban J connectivity index is 2.63. The van der Waals surface area contributed by atoms with Crippen LogP contribution in [0.25, 0.3) is 0 Å². The molecule has 1 heterocycles. The molecule has 0 saturated heterocycles. The molecule has 0 aliphatic rings. The Kier molecular flexibility index (Phi) is 3.57. The fourth-order valence-corrected chi connectivity index (χ4v) is 1.24. The lowest BCUT2D eigenvalue weighted by atomic mass is 10.6. The zero-order valence-corrected chi connectivity index (χ0v) is 10.4. The lowest BCUT2D eigenvalue weighted by molar-refractivity contribution is 0.889. The Labute approximate surface area is 93.5 Å². The number of nitrogens with one attached hydrogen (secondary N) is 1. The third kappa shape index (κ3) is 2.48. The zero-order chi connectivity index (χ0) is 9.14. The molecular formula is C7H9BrIN3. The highest BCUT2D eigenvalue weighted by Crippen LogP contribution is 2.11. The number of hydrogen-bond donors (Lipinski definition) is 1. The Bertz CT molecular complexity index is 295. The summed E-state index contributed by atoms with van der Waals surface area (Å²) in [5.41, 5.74) is 0. The van der Waals surface area contributed by atoms with Crippen molar-refractivity contribution >= 4 is 44.5 Å². The van der Waals surface area contributed by atoms with Crippen molar-refractivity contribution < 1.29 is 0 Å². The molecule has 0 radical (unpaired) electrons. The Hall–Kier alpha value is -0.0400. The van der Waals surface area contributed by atoms with E-state index in [4.69, 9.17) is 0 Å². The van der Waals surface area contributed by atoms with Crippen molar-refractivity contribution in [2.75, 3.05) is 11.9 Å². The van der Waals surface area contributed by atoms with Gasteiger partial charge in [0.15, 0.2) is 0 Å². The van der Waals surface area contributed by atoms with Crippen molar-refractivity contribution in [3.05, 3.63) is 21.0 Å². The second-order valence-corrected chi connectivity index (χ2v) is 4.56. The first kappa shape index (κ1) is 10.0. The van der Waals surface area contributed by atoms with Crippen molar-refractivity contribution in [2.45, 2.75) is 0 Å². The minimum atomic E-state index is 0.695. The lowest BCUT2D eigenvalue weighted by Crippen LogP contribution is -2.06. The first-order valence-corrected chi connectivity index (χ1v) is 5.23. The number of hydrogen-bond acceptors (Lipinski definition) is 2. The summed E-state index contributed by atoms with van der Waals surface area (Å²) >= 11 is 5.50. The topological polar surface area (TPSA) is 29.9 Å². The maximum Gasteiger partial charge on any atom is 0.203 e. The minimum Gasteiger partial charge on any atom is -0.351 e. The van der Waals surface area contributed by atoms with Crippen LogP contribution < -0.4 is 5.32 Å². The molecule has 0 spiro atoms. The van der Waals surface area contributed by atoms with Gasteiger partial charge in [-0.15, -0.1) is 0 Å². The highest BCUT2D eigenvalue weighted by Gasteiger charge is 2.01. The predicted octanol–water partition coefficient (Wildman–Crippen LogP) is 2.35. The average Bonchev–Trinajstić information content (AvgIpc) is 2.30. The predicted molar refractivity (Wildman–Crippen MR) is 62.5 cm³/mol. The van der Waals surface area contributed by atoms with Gasteiger partial charge in [-0.3, -0.25) is 0 Å². The van der Waals surface area contributed by atoms with E-state index < -0.39 is 0 Å². The summed E-state index contributed by atoms with van der Waals surface area (Å²) < 4.78 is 4.01. The van der Waals surface area contributed by atoms with E-state index in [1.165, 1.54) is 0 Å². The third-order valence-electron chi connectivity index (χ3n) is 1.37. The number of aromatic nitrogens is 2. The van der Waals surface area contributed by atoms with Crippen LogP contribution in [0.2, 0.25) is 0 Å². The van der Waals surface area contributed by atoms with Gasteiger partial charge >= 0.3 is 0 Å². The molecular weight excluding hydrogens is 333 g/mol. The molecule has 5 heteroatoms. The van der Waals surface area contributed by atoms with Crippen LogP contribution in [0.1, 0.15) is 0 Å². The molecule has 0 bridgehead atoms. The molecule has 0 aliphatic heterocycles. The van der Waals surface area contributed by atoms with Crippen LogP contribution in [0, 0.1) is 3.70 Å². The summed E-state index contributed by atoms with van der Waals surface area (Å²) in [6.45, 7) is 4.42. The molecule has 12 heavy (non-hydrogen) atoms. The van der Waals surface area contributed by atoms with Crippen molar-refractivity contribution in [2.24, 2.45) is 7.05 Å². The number of anilines is 1. The van der Waals surface area contributed by atoms with Crippen molar-refractivity contribution in [3.8, 4) is 0 Å². The van der Waals surface area contributed by atoms with E-state index in [9.17, 15) is 0 Å². The van der Waals surface area contributed by atoms with Gasteiger partial charge in [0.1, 0.15) is 3.70 Å². The summed E-state index contributed by atoms with van der Waals surface area (Å²) in [4.78, 5) is 4.17. The van der Waals surface area contributed by atoms with Crippen LogP contribution in [-0.2, 0) is 7.05 Å². The fraction of sp³-hybridized carbons (Fsp3) is 0.286. The largest absolute Gasteiger partial charge is 0.351 e. The lowest BCUT2D eigenvalue weighted by Gasteiger charge is -2.04. The van der Waals surface area contributed by atoms with E-state index in [0.717, 1.165) is 14.1 Å². The highest BCUT2D eigenvalue weighted by atomic mass is 127. The SMILES string of the molecule is C=C(Br)CNc1ncc(I)n1C. The Morgan fingerprint density at radius 1 is 1.92 bits per heavy atom. The molecule has 0 aromatic carbocycles. The number of rotatable bonds is 3. The molecule has 0 fully saturated rings. The van der Waals surface area contributed by atoms with Crippen molar-refractivity contribution in [1.29, 1.82) is 0 Å². The van der Waals surface area contributed by atoms with E-state index in [-0.39, 0.29) is 0 Å². The molecule has 1 rings (SSSR count). The number of imidazole rings is 1. The summed E-state index contributed by atoms with van der Waals surface area (Å²) in [5.74, 6) is 0.861. The first-order chi connectivity index (χ1) is 5.61. The minimum absolute atomic E-state index is 0.695. The summed E-state index contributed by atoms with van der Waals surface area (Å²) in [6.07, 6.45) is 1.82. The van der Waals surface area contributed by atoms with E-state index >= 15 is 0 Å². The van der Waals surface area contributed by atoms with E-state index in [1.807, 2.05) is 17.8 Å². The van der Waals surface area contributed by atoms with E-state index in [2.05, 4.69) is 55.4 Å². The quantitative estimate of drug-likeness (QED) is 0.855. The van der Waals surface area contributed by atoms with Gasteiger partial charge in [-0.1, -0.05) is 22.5 Å². The maximum atomic E-state index is 4.17. The van der Waals surface area contributed by atoms with E-state index in [1.54, 1.807) is 0 Å². The van der Waals surface area contributed by atoms with Crippen LogP contribution in [0.5, 0.6) is 0 Å². The normalized spacial score (nSPS) is 9.92. The monoisotopic (exact) mass is 341 g/mol. The molecule has 1 aromatic rings. The number of halogens is 2. The molecule has 0 saturated carbocycles. The Morgan fingerprint density at radius 2 is 2.58 bits per heavy atom. The zero-order valence-electron chi connectivity index (χ0n) is 6.64. The van der Waals surface area contributed by atoms with Gasteiger partial charge in [0.05, 0.1) is 6.20 Å². The molecule has 0 atom stereocenters. The third-order valence-corrected chi connectivity index (χ3v) is 2.65. The average molecular weight is 342 g/mol. The molecule has 1 N–H and O–H groups in total. The van der Waals surface area contributed by atoms with Crippen molar-refractivity contribution in [3.63, 3.8) is 0 Å². The van der Waals surface area contributed by atoms with Gasteiger partial charge in [0.2, 0.25) is 5.95 Å². The van der Waals surface area contributed by atoms with Gasteiger partial charge < -0.3 is 9.88 Å². The van der Waals surface area contributed by atoms with Gasteiger partial charge in [0.25, 0.3) is 0 Å². The first-order valence-electron chi connectivity index (χ1n) is 3.35. The van der Waals surface area contributed by atoms with Crippen LogP contribution in [0.15, 0.2) is 17.3 Å². The van der Waals surface area contributed by atoms with Crippen molar-refractivity contribution in [1.82, 2.24) is 9.55 Å². The second-order valence-electron chi connectivity index (χ2n) is 2.33. The molecule has 1 aromatic heterocycles. The molecule has 3 nitrogen and oxygen atoms in total. The van der Waals surface area contributed by atoms with Crippen LogP contribution >= 0.6 is 38.5 Å². The van der Waals surface area contributed by atoms with Crippen LogP contribution in [0.4, 0.5) is 5.95 Å². The molecule has 66 valence electrons. The summed E-state index contributed by atoms with van der Waals surface area (Å²) in [6, 6.07) is 0. The highest BCUT2D eigenvalue weighted by molar-refractivity contribution is 14.1. The molecule has 0 unspecified atom stereocenters. The molecule has 0 amide bonds. The number of nitrogens with zero attached hydrogens (tertiary/aromatic N) is 2.